The van der Waals surface area contributed by atoms with Crippen LogP contribution in [0.2, 0.25) is 0 Å². The molecule has 0 radical (unpaired) electrons. The number of nitrogens with one attached hydrogen (secondary N) is 2. The van der Waals surface area contributed by atoms with Crippen LogP contribution in [0.5, 0.6) is 23.0 Å². The number of rotatable bonds is 10. The second-order valence-corrected chi connectivity index (χ2v) is 8.43. The lowest BCUT2D eigenvalue weighted by atomic mass is 10.0. The first-order valence-electron chi connectivity index (χ1n) is 11.9. The minimum Gasteiger partial charge on any atom is -0.497 e. The Balaban J connectivity index is 1.63. The monoisotopic (exact) mass is 505 g/mol. The van der Waals surface area contributed by atoms with Gasteiger partial charge in [0, 0.05) is 35.4 Å². The van der Waals surface area contributed by atoms with Crippen LogP contribution in [-0.4, -0.2) is 51.7 Å². The Hall–Kier alpha value is -4.40. The van der Waals surface area contributed by atoms with Crippen molar-refractivity contribution in [1.82, 2.24) is 4.90 Å². The van der Waals surface area contributed by atoms with Gasteiger partial charge in [0.2, 0.25) is 0 Å². The SMILES string of the molecule is CCCN1C(=O)c2cc(C(=O)Nc3ccc(OC)cc3OC)ccc2[C@@H]1Nc1ccc(OC)cc1OC. The number of ether oxygens (including phenoxy) is 4. The highest BCUT2D eigenvalue weighted by molar-refractivity contribution is 6.08. The maximum Gasteiger partial charge on any atom is 0.256 e. The van der Waals surface area contributed by atoms with E-state index in [-0.39, 0.29) is 11.8 Å². The Labute approximate surface area is 216 Å². The third-order valence-electron chi connectivity index (χ3n) is 6.24. The number of methoxy groups -OCH3 is 4. The third kappa shape index (κ3) is 5.11. The van der Waals surface area contributed by atoms with Gasteiger partial charge in [-0.15, -0.1) is 0 Å². The van der Waals surface area contributed by atoms with Gasteiger partial charge in [0.25, 0.3) is 11.8 Å². The molecule has 0 unspecified atom stereocenters. The lowest BCUT2D eigenvalue weighted by Crippen LogP contribution is -2.33. The molecule has 194 valence electrons. The van der Waals surface area contributed by atoms with E-state index in [0.717, 1.165) is 17.7 Å². The molecule has 0 aromatic heterocycles. The molecular formula is C28H31N3O6. The number of carbonyl (C=O) groups is 2. The predicted molar refractivity (Wildman–Crippen MR) is 141 cm³/mol. The van der Waals surface area contributed by atoms with Crippen molar-refractivity contribution in [1.29, 1.82) is 0 Å². The summed E-state index contributed by atoms with van der Waals surface area (Å²) in [5.41, 5.74) is 2.86. The van der Waals surface area contributed by atoms with Crippen LogP contribution in [0.4, 0.5) is 11.4 Å². The first kappa shape index (κ1) is 25.7. The topological polar surface area (TPSA) is 98.4 Å². The molecular weight excluding hydrogens is 474 g/mol. The Bertz CT molecular complexity index is 1310. The molecule has 9 nitrogen and oxygen atoms in total. The normalized spacial score (nSPS) is 14.1. The smallest absolute Gasteiger partial charge is 0.256 e. The molecule has 0 saturated heterocycles. The number of hydrogen-bond acceptors (Lipinski definition) is 7. The number of fused-ring (bicyclic) bond motifs is 1. The maximum absolute atomic E-state index is 13.4. The van der Waals surface area contributed by atoms with E-state index in [4.69, 9.17) is 18.9 Å². The van der Waals surface area contributed by atoms with Crippen LogP contribution in [0.1, 0.15) is 45.8 Å². The van der Waals surface area contributed by atoms with Crippen molar-refractivity contribution in [2.45, 2.75) is 19.5 Å². The molecule has 3 aromatic rings. The largest absolute Gasteiger partial charge is 0.497 e. The van der Waals surface area contributed by atoms with Gasteiger partial charge < -0.3 is 34.5 Å². The van der Waals surface area contributed by atoms with Crippen LogP contribution in [0.25, 0.3) is 0 Å². The van der Waals surface area contributed by atoms with Crippen molar-refractivity contribution < 1.29 is 28.5 Å². The van der Waals surface area contributed by atoms with Crippen molar-refractivity contribution >= 4 is 23.2 Å². The van der Waals surface area contributed by atoms with E-state index in [1.165, 1.54) is 7.11 Å². The van der Waals surface area contributed by atoms with Crippen LogP contribution in [0.3, 0.4) is 0 Å². The van der Waals surface area contributed by atoms with Crippen molar-refractivity contribution in [2.24, 2.45) is 0 Å². The van der Waals surface area contributed by atoms with Gasteiger partial charge in [-0.1, -0.05) is 13.0 Å². The maximum atomic E-state index is 13.4. The Kier molecular flexibility index (Phi) is 7.71. The fourth-order valence-electron chi connectivity index (χ4n) is 4.35. The Morgan fingerprint density at radius 1 is 0.838 bits per heavy atom. The molecule has 0 fully saturated rings. The van der Waals surface area contributed by atoms with Gasteiger partial charge in [0.05, 0.1) is 39.8 Å². The van der Waals surface area contributed by atoms with E-state index in [2.05, 4.69) is 10.6 Å². The first-order valence-corrected chi connectivity index (χ1v) is 11.9. The number of carbonyl (C=O) groups excluding carboxylic acids is 2. The van der Waals surface area contributed by atoms with Crippen LogP contribution in [0.15, 0.2) is 54.6 Å². The molecule has 0 saturated carbocycles. The van der Waals surface area contributed by atoms with E-state index >= 15 is 0 Å². The summed E-state index contributed by atoms with van der Waals surface area (Å²) in [6.45, 7) is 2.57. The lowest BCUT2D eigenvalue weighted by Gasteiger charge is -2.27. The van der Waals surface area contributed by atoms with Crippen LogP contribution in [-0.2, 0) is 0 Å². The van der Waals surface area contributed by atoms with Crippen molar-refractivity contribution in [3.8, 4) is 23.0 Å². The fourth-order valence-corrected chi connectivity index (χ4v) is 4.35. The highest BCUT2D eigenvalue weighted by atomic mass is 16.5. The van der Waals surface area contributed by atoms with Crippen LogP contribution in [0, 0.1) is 0 Å². The van der Waals surface area contributed by atoms with E-state index in [1.807, 2.05) is 25.1 Å². The van der Waals surface area contributed by atoms with Gasteiger partial charge in [0.15, 0.2) is 0 Å². The molecule has 0 spiro atoms. The molecule has 9 heteroatoms. The zero-order chi connectivity index (χ0) is 26.5. The van der Waals surface area contributed by atoms with Gasteiger partial charge in [-0.05, 0) is 42.8 Å². The van der Waals surface area contributed by atoms with E-state index in [0.29, 0.717) is 46.4 Å². The molecule has 1 aliphatic heterocycles. The summed E-state index contributed by atoms with van der Waals surface area (Å²) >= 11 is 0. The van der Waals surface area contributed by atoms with Gasteiger partial charge in [0.1, 0.15) is 29.2 Å². The van der Waals surface area contributed by atoms with E-state index in [9.17, 15) is 9.59 Å². The van der Waals surface area contributed by atoms with Crippen LogP contribution >= 0.6 is 0 Å². The van der Waals surface area contributed by atoms with E-state index < -0.39 is 6.17 Å². The molecule has 37 heavy (non-hydrogen) atoms. The molecule has 1 heterocycles. The van der Waals surface area contributed by atoms with Crippen molar-refractivity contribution in [3.63, 3.8) is 0 Å². The average Bonchev–Trinajstić information content (AvgIpc) is 3.19. The summed E-state index contributed by atoms with van der Waals surface area (Å²) in [5, 5.41) is 6.30. The number of benzene rings is 3. The minimum atomic E-state index is -0.413. The standard InChI is InChI=1S/C28H31N3O6/c1-6-13-31-26(29-22-11-8-18(34-2)15-24(22)36-4)20-10-7-17(14-21(20)28(31)33)27(32)30-23-12-9-19(35-3)16-25(23)37-5/h7-12,14-16,26,29H,6,13H2,1-5H3,(H,30,32)/t26-/m1/s1. The first-order chi connectivity index (χ1) is 17.9. The Morgan fingerprint density at radius 2 is 1.46 bits per heavy atom. The van der Waals surface area contributed by atoms with Gasteiger partial charge in [-0.2, -0.15) is 0 Å². The van der Waals surface area contributed by atoms with Gasteiger partial charge in [-0.25, -0.2) is 0 Å². The molecule has 0 aliphatic carbocycles. The van der Waals surface area contributed by atoms with Gasteiger partial charge >= 0.3 is 0 Å². The molecule has 2 N–H and O–H groups in total. The van der Waals surface area contributed by atoms with Crippen LogP contribution < -0.4 is 29.6 Å². The van der Waals surface area contributed by atoms with E-state index in [1.54, 1.807) is 62.6 Å². The lowest BCUT2D eigenvalue weighted by molar-refractivity contribution is 0.0743. The average molecular weight is 506 g/mol. The second-order valence-electron chi connectivity index (χ2n) is 8.43. The highest BCUT2D eigenvalue weighted by Gasteiger charge is 2.37. The zero-order valence-electron chi connectivity index (χ0n) is 21.6. The number of hydrogen-bond donors (Lipinski definition) is 2. The zero-order valence-corrected chi connectivity index (χ0v) is 21.6. The highest BCUT2D eigenvalue weighted by Crippen LogP contribution is 2.39. The molecule has 3 aromatic carbocycles. The molecule has 4 rings (SSSR count). The molecule has 1 aliphatic rings. The predicted octanol–water partition coefficient (Wildman–Crippen LogP) is 4.95. The number of amides is 2. The quantitative estimate of drug-likeness (QED) is 0.402. The summed E-state index contributed by atoms with van der Waals surface area (Å²) in [5.74, 6) is 1.85. The summed E-state index contributed by atoms with van der Waals surface area (Å²) in [4.78, 5) is 28.3. The van der Waals surface area contributed by atoms with Crippen molar-refractivity contribution in [3.05, 3.63) is 71.3 Å². The summed E-state index contributed by atoms with van der Waals surface area (Å²) in [6.07, 6.45) is 0.367. The van der Waals surface area contributed by atoms with Gasteiger partial charge in [-0.3, -0.25) is 9.59 Å². The summed E-state index contributed by atoms with van der Waals surface area (Å²) < 4.78 is 21.4. The minimum absolute atomic E-state index is 0.140. The number of anilines is 2. The molecule has 0 bridgehead atoms. The Morgan fingerprint density at radius 3 is 2.05 bits per heavy atom. The number of nitrogens with zero attached hydrogens (tertiary/aromatic N) is 1. The second kappa shape index (κ2) is 11.1. The summed E-state index contributed by atoms with van der Waals surface area (Å²) in [6, 6.07) is 15.8. The summed E-state index contributed by atoms with van der Waals surface area (Å²) in [7, 11) is 6.25. The molecule has 2 amide bonds. The molecule has 1 atom stereocenters. The third-order valence-corrected chi connectivity index (χ3v) is 6.24. The van der Waals surface area contributed by atoms with Crippen molar-refractivity contribution in [2.75, 3.05) is 45.6 Å². The fraction of sp³-hybridized carbons (Fsp3) is 0.286.